The summed E-state index contributed by atoms with van der Waals surface area (Å²) in [5.74, 6) is -0.287. The van der Waals surface area contributed by atoms with Crippen LogP contribution in [0.3, 0.4) is 0 Å². The molecular formula is C23H19ClN4O. The summed E-state index contributed by atoms with van der Waals surface area (Å²) in [6.07, 6.45) is 1.74. The molecule has 0 bridgehead atoms. The number of benzene rings is 3. The van der Waals surface area contributed by atoms with Gasteiger partial charge in [0.15, 0.2) is 0 Å². The van der Waals surface area contributed by atoms with Gasteiger partial charge < -0.3 is 0 Å². The number of rotatable bonds is 5. The second-order valence-corrected chi connectivity index (χ2v) is 7.01. The van der Waals surface area contributed by atoms with Crippen LogP contribution in [0.4, 0.5) is 5.69 Å². The number of amides is 1. The minimum Gasteiger partial charge on any atom is -0.298 e. The quantitative estimate of drug-likeness (QED) is 0.448. The van der Waals surface area contributed by atoms with Gasteiger partial charge in [0.05, 0.1) is 16.9 Å². The number of carbonyl (C=O) groups is 1. The first-order valence-electron chi connectivity index (χ1n) is 9.15. The van der Waals surface area contributed by atoms with Crippen LogP contribution in [0, 0.1) is 6.92 Å². The average Bonchev–Trinajstić information content (AvgIpc) is 3.18. The lowest BCUT2D eigenvalue weighted by Crippen LogP contribution is -2.29. The van der Waals surface area contributed by atoms with Crippen LogP contribution in [0.5, 0.6) is 0 Å². The van der Waals surface area contributed by atoms with E-state index >= 15 is 0 Å². The molecule has 3 aromatic carbocycles. The van der Waals surface area contributed by atoms with Gasteiger partial charge >= 0.3 is 0 Å². The Balaban J connectivity index is 1.70. The summed E-state index contributed by atoms with van der Waals surface area (Å²) in [5, 5.41) is 5.29. The van der Waals surface area contributed by atoms with E-state index in [0.29, 0.717) is 22.0 Å². The first-order valence-corrected chi connectivity index (χ1v) is 9.52. The summed E-state index contributed by atoms with van der Waals surface area (Å²) in [6, 6.07) is 24.7. The highest BCUT2D eigenvalue weighted by Crippen LogP contribution is 2.26. The molecule has 144 valence electrons. The van der Waals surface area contributed by atoms with E-state index in [4.69, 9.17) is 16.7 Å². The molecule has 0 aliphatic rings. The van der Waals surface area contributed by atoms with Crippen molar-refractivity contribution in [2.45, 2.75) is 6.92 Å². The van der Waals surface area contributed by atoms with Crippen LogP contribution in [-0.4, -0.2) is 15.7 Å². The zero-order valence-electron chi connectivity index (χ0n) is 15.8. The molecule has 0 aliphatic heterocycles. The van der Waals surface area contributed by atoms with E-state index < -0.39 is 0 Å². The molecule has 0 saturated heterocycles. The molecule has 0 radical (unpaired) electrons. The smallest absolute Gasteiger partial charge is 0.273 e. The average molecular weight is 403 g/mol. The number of para-hydroxylation sites is 1. The fourth-order valence-electron chi connectivity index (χ4n) is 3.05. The van der Waals surface area contributed by atoms with Gasteiger partial charge in [-0.2, -0.15) is 5.10 Å². The predicted octanol–water partition coefficient (Wildman–Crippen LogP) is 5.26. The van der Waals surface area contributed by atoms with Gasteiger partial charge in [0.25, 0.3) is 5.91 Å². The lowest BCUT2D eigenvalue weighted by atomic mass is 10.0. The van der Waals surface area contributed by atoms with Gasteiger partial charge in [-0.3, -0.25) is 15.6 Å². The number of carbonyl (C=O) groups excluding carboxylic acids is 1. The molecular weight excluding hydrogens is 384 g/mol. The van der Waals surface area contributed by atoms with Crippen molar-refractivity contribution in [1.29, 1.82) is 0 Å². The molecule has 5 nitrogen and oxygen atoms in total. The van der Waals surface area contributed by atoms with Crippen molar-refractivity contribution in [3.05, 3.63) is 101 Å². The van der Waals surface area contributed by atoms with E-state index in [1.165, 1.54) is 0 Å². The molecule has 2 N–H and O–H groups in total. The number of halogens is 1. The molecule has 0 spiro atoms. The molecule has 0 atom stereocenters. The van der Waals surface area contributed by atoms with Crippen molar-refractivity contribution in [2.75, 3.05) is 5.43 Å². The second kappa shape index (κ2) is 8.20. The van der Waals surface area contributed by atoms with E-state index in [0.717, 1.165) is 16.8 Å². The second-order valence-electron chi connectivity index (χ2n) is 6.58. The van der Waals surface area contributed by atoms with Crippen LogP contribution in [0.1, 0.15) is 15.9 Å². The number of anilines is 1. The monoisotopic (exact) mass is 402 g/mol. The Hall–Kier alpha value is -3.57. The van der Waals surface area contributed by atoms with E-state index in [1.807, 2.05) is 73.7 Å². The minimum absolute atomic E-state index is 0.287. The summed E-state index contributed by atoms with van der Waals surface area (Å²) >= 11 is 6.00. The highest BCUT2D eigenvalue weighted by molar-refractivity contribution is 6.30. The van der Waals surface area contributed by atoms with Crippen molar-refractivity contribution < 1.29 is 4.79 Å². The normalized spacial score (nSPS) is 10.6. The van der Waals surface area contributed by atoms with Crippen LogP contribution in [-0.2, 0) is 0 Å². The fourth-order valence-corrected chi connectivity index (χ4v) is 3.24. The highest BCUT2D eigenvalue weighted by atomic mass is 35.5. The van der Waals surface area contributed by atoms with Gasteiger partial charge in [-0.25, -0.2) is 4.68 Å². The summed E-state index contributed by atoms with van der Waals surface area (Å²) < 4.78 is 1.72. The third-order valence-corrected chi connectivity index (χ3v) is 4.76. The summed E-state index contributed by atoms with van der Waals surface area (Å²) in [6.45, 7) is 2.00. The van der Waals surface area contributed by atoms with Gasteiger partial charge in [-0.15, -0.1) is 0 Å². The standard InChI is InChI=1S/C23H19ClN4O/c1-16-8-5-6-13-20(16)22-21(15-28(27-22)19-11-3-2-4-12-19)23(29)26-25-18-10-7-9-17(24)14-18/h2-15,25H,1H3,(H,26,29). The molecule has 1 aromatic heterocycles. The maximum atomic E-state index is 13.0. The van der Waals surface area contributed by atoms with Gasteiger partial charge in [0, 0.05) is 16.8 Å². The molecule has 6 heteroatoms. The van der Waals surface area contributed by atoms with Gasteiger partial charge in [0.1, 0.15) is 5.69 Å². The van der Waals surface area contributed by atoms with Crippen molar-refractivity contribution in [3.8, 4) is 16.9 Å². The molecule has 0 unspecified atom stereocenters. The van der Waals surface area contributed by atoms with Crippen molar-refractivity contribution >= 4 is 23.2 Å². The highest BCUT2D eigenvalue weighted by Gasteiger charge is 2.19. The molecule has 0 saturated carbocycles. The minimum atomic E-state index is -0.287. The number of hydrogen-bond acceptors (Lipinski definition) is 3. The van der Waals surface area contributed by atoms with Crippen molar-refractivity contribution in [3.63, 3.8) is 0 Å². The first kappa shape index (κ1) is 18.8. The largest absolute Gasteiger partial charge is 0.298 e. The molecule has 0 aliphatic carbocycles. The van der Waals surface area contributed by atoms with Gasteiger partial charge in [-0.05, 0) is 42.8 Å². The Bertz CT molecular complexity index is 1150. The van der Waals surface area contributed by atoms with Crippen molar-refractivity contribution in [1.82, 2.24) is 15.2 Å². The Morgan fingerprint density at radius 2 is 1.72 bits per heavy atom. The number of aromatic nitrogens is 2. The Labute approximate surface area is 173 Å². The van der Waals surface area contributed by atoms with Crippen LogP contribution >= 0.6 is 11.6 Å². The maximum Gasteiger partial charge on any atom is 0.273 e. The molecule has 0 fully saturated rings. The van der Waals surface area contributed by atoms with Gasteiger partial charge in [-0.1, -0.05) is 60.1 Å². The van der Waals surface area contributed by atoms with Crippen LogP contribution in [0.15, 0.2) is 85.1 Å². The lowest BCUT2D eigenvalue weighted by molar-refractivity contribution is 0.0963. The lowest BCUT2D eigenvalue weighted by Gasteiger charge is -2.09. The molecule has 4 rings (SSSR count). The topological polar surface area (TPSA) is 59.0 Å². The van der Waals surface area contributed by atoms with E-state index in [9.17, 15) is 4.79 Å². The third-order valence-electron chi connectivity index (χ3n) is 4.52. The molecule has 29 heavy (non-hydrogen) atoms. The zero-order chi connectivity index (χ0) is 20.2. The van der Waals surface area contributed by atoms with E-state index in [-0.39, 0.29) is 5.91 Å². The summed E-state index contributed by atoms with van der Waals surface area (Å²) in [4.78, 5) is 13.0. The number of hydrogen-bond donors (Lipinski definition) is 2. The van der Waals surface area contributed by atoms with Crippen LogP contribution < -0.4 is 10.9 Å². The number of hydrazine groups is 1. The SMILES string of the molecule is Cc1ccccc1-c1nn(-c2ccccc2)cc1C(=O)NNc1cccc(Cl)c1. The van der Waals surface area contributed by atoms with E-state index in [2.05, 4.69) is 10.9 Å². The number of aryl methyl sites for hydroxylation is 1. The van der Waals surface area contributed by atoms with Crippen LogP contribution in [0.25, 0.3) is 16.9 Å². The van der Waals surface area contributed by atoms with Crippen LogP contribution in [0.2, 0.25) is 5.02 Å². The van der Waals surface area contributed by atoms with Gasteiger partial charge in [0.2, 0.25) is 0 Å². The summed E-state index contributed by atoms with van der Waals surface area (Å²) in [7, 11) is 0. The molecule has 4 aromatic rings. The van der Waals surface area contributed by atoms with E-state index in [1.54, 1.807) is 23.0 Å². The predicted molar refractivity (Wildman–Crippen MR) is 116 cm³/mol. The Morgan fingerprint density at radius 1 is 0.966 bits per heavy atom. The third kappa shape index (κ3) is 4.15. The molecule has 1 amide bonds. The molecule has 1 heterocycles. The Morgan fingerprint density at radius 3 is 2.48 bits per heavy atom. The zero-order valence-corrected chi connectivity index (χ0v) is 16.5. The number of nitrogens with zero attached hydrogens (tertiary/aromatic N) is 2. The maximum absolute atomic E-state index is 13.0. The first-order chi connectivity index (χ1) is 14.1. The van der Waals surface area contributed by atoms with Crippen molar-refractivity contribution in [2.24, 2.45) is 0 Å². The Kier molecular flexibility index (Phi) is 5.31. The number of nitrogens with one attached hydrogen (secondary N) is 2. The fraction of sp³-hybridized carbons (Fsp3) is 0.0435. The summed E-state index contributed by atoms with van der Waals surface area (Å²) in [5.41, 5.74) is 10.3.